The Morgan fingerprint density at radius 3 is 2.82 bits per heavy atom. The zero-order chi connectivity index (χ0) is 16.3. The van der Waals surface area contributed by atoms with E-state index in [0.29, 0.717) is 31.2 Å². The Hall–Kier alpha value is -1.85. The summed E-state index contributed by atoms with van der Waals surface area (Å²) in [5, 5.41) is 7.25. The second kappa shape index (κ2) is 6.94. The normalized spacial score (nSPS) is 18.0. The van der Waals surface area contributed by atoms with Gasteiger partial charge in [0, 0.05) is 26.7 Å². The summed E-state index contributed by atoms with van der Waals surface area (Å²) in [7, 11) is 1.80. The van der Waals surface area contributed by atoms with E-state index >= 15 is 0 Å². The first-order chi connectivity index (χ1) is 10.4. The van der Waals surface area contributed by atoms with Crippen LogP contribution < -0.4 is 5.32 Å². The Kier molecular flexibility index (Phi) is 5.21. The molecule has 122 valence electrons. The second-order valence-corrected chi connectivity index (χ2v) is 6.37. The fourth-order valence-electron chi connectivity index (χ4n) is 2.88. The number of hydrogen-bond donors (Lipinski definition) is 1. The van der Waals surface area contributed by atoms with E-state index in [4.69, 9.17) is 0 Å². The highest BCUT2D eigenvalue weighted by atomic mass is 16.2. The van der Waals surface area contributed by atoms with Gasteiger partial charge in [0.25, 0.3) is 5.91 Å². The third kappa shape index (κ3) is 3.67. The van der Waals surface area contributed by atoms with Gasteiger partial charge in [0.1, 0.15) is 5.69 Å². The van der Waals surface area contributed by atoms with Crippen molar-refractivity contribution in [3.63, 3.8) is 0 Å². The van der Waals surface area contributed by atoms with E-state index in [1.807, 2.05) is 13.0 Å². The molecular formula is C16H26N4O2. The molecule has 1 aliphatic heterocycles. The van der Waals surface area contributed by atoms with Gasteiger partial charge in [0.15, 0.2) is 0 Å². The molecular weight excluding hydrogens is 280 g/mol. The predicted octanol–water partition coefficient (Wildman–Crippen LogP) is 1.22. The molecule has 22 heavy (non-hydrogen) atoms. The first kappa shape index (κ1) is 16.5. The number of nitrogens with one attached hydrogen (secondary N) is 1. The van der Waals surface area contributed by atoms with Crippen molar-refractivity contribution >= 4 is 11.8 Å². The molecule has 1 aromatic heterocycles. The molecule has 1 aliphatic rings. The Bertz CT molecular complexity index is 550. The van der Waals surface area contributed by atoms with Crippen LogP contribution in [0.3, 0.4) is 0 Å². The van der Waals surface area contributed by atoms with E-state index in [2.05, 4.69) is 24.3 Å². The molecule has 0 radical (unpaired) electrons. The van der Waals surface area contributed by atoms with Crippen LogP contribution in [0.1, 0.15) is 43.4 Å². The first-order valence-electron chi connectivity index (χ1n) is 8.02. The van der Waals surface area contributed by atoms with Gasteiger partial charge in [0.05, 0.1) is 11.6 Å². The molecule has 1 N–H and O–H groups in total. The lowest BCUT2D eigenvalue weighted by molar-refractivity contribution is -0.124. The summed E-state index contributed by atoms with van der Waals surface area (Å²) in [4.78, 5) is 26.3. The van der Waals surface area contributed by atoms with Gasteiger partial charge in [-0.15, -0.1) is 0 Å². The number of nitrogens with zero attached hydrogens (tertiary/aromatic N) is 3. The predicted molar refractivity (Wildman–Crippen MR) is 84.4 cm³/mol. The van der Waals surface area contributed by atoms with Gasteiger partial charge in [-0.3, -0.25) is 14.3 Å². The molecule has 2 amide bonds. The summed E-state index contributed by atoms with van der Waals surface area (Å²) >= 11 is 0. The SMILES string of the molecule is CCNC(=O)[C@H]1CCN(C(=O)c2cc(CC(C)C)nn2C)C1. The highest BCUT2D eigenvalue weighted by Gasteiger charge is 2.32. The van der Waals surface area contributed by atoms with E-state index in [-0.39, 0.29) is 17.7 Å². The molecule has 0 bridgehead atoms. The summed E-state index contributed by atoms with van der Waals surface area (Å²) in [6.07, 6.45) is 1.59. The van der Waals surface area contributed by atoms with Gasteiger partial charge in [-0.25, -0.2) is 0 Å². The van der Waals surface area contributed by atoms with Crippen molar-refractivity contribution in [3.05, 3.63) is 17.5 Å². The number of carbonyl (C=O) groups excluding carboxylic acids is 2. The maximum absolute atomic E-state index is 12.6. The first-order valence-corrected chi connectivity index (χ1v) is 8.02. The molecule has 0 unspecified atom stereocenters. The van der Waals surface area contributed by atoms with Crippen molar-refractivity contribution in [1.29, 1.82) is 0 Å². The molecule has 0 saturated carbocycles. The number of hydrogen-bond acceptors (Lipinski definition) is 3. The number of aryl methyl sites for hydroxylation is 1. The van der Waals surface area contributed by atoms with Crippen molar-refractivity contribution in [2.24, 2.45) is 18.9 Å². The third-order valence-electron chi connectivity index (χ3n) is 3.96. The summed E-state index contributed by atoms with van der Waals surface area (Å²) < 4.78 is 1.65. The number of aromatic nitrogens is 2. The highest BCUT2D eigenvalue weighted by Crippen LogP contribution is 2.19. The molecule has 0 spiro atoms. The zero-order valence-corrected chi connectivity index (χ0v) is 13.9. The molecule has 2 rings (SSSR count). The summed E-state index contributed by atoms with van der Waals surface area (Å²) in [5.41, 5.74) is 1.55. The number of amides is 2. The summed E-state index contributed by atoms with van der Waals surface area (Å²) in [6, 6.07) is 1.88. The molecule has 6 nitrogen and oxygen atoms in total. The number of rotatable bonds is 5. The smallest absolute Gasteiger partial charge is 0.272 e. The maximum Gasteiger partial charge on any atom is 0.272 e. The van der Waals surface area contributed by atoms with E-state index in [0.717, 1.165) is 18.5 Å². The number of likely N-dealkylation sites (tertiary alicyclic amines) is 1. The van der Waals surface area contributed by atoms with Crippen LogP contribution in [0.2, 0.25) is 0 Å². The average molecular weight is 306 g/mol. The van der Waals surface area contributed by atoms with Gasteiger partial charge in [-0.1, -0.05) is 13.8 Å². The average Bonchev–Trinajstić information content (AvgIpc) is 3.05. The van der Waals surface area contributed by atoms with Crippen LogP contribution in [-0.2, 0) is 18.3 Å². The quantitative estimate of drug-likeness (QED) is 0.889. The minimum absolute atomic E-state index is 0.0307. The molecule has 1 aromatic rings. The van der Waals surface area contributed by atoms with E-state index in [1.54, 1.807) is 16.6 Å². The van der Waals surface area contributed by atoms with Crippen LogP contribution in [0, 0.1) is 11.8 Å². The Balaban J connectivity index is 2.03. The largest absolute Gasteiger partial charge is 0.356 e. The monoisotopic (exact) mass is 306 g/mol. The van der Waals surface area contributed by atoms with Gasteiger partial charge < -0.3 is 10.2 Å². The maximum atomic E-state index is 12.6. The van der Waals surface area contributed by atoms with Crippen LogP contribution in [-0.4, -0.2) is 46.1 Å². The van der Waals surface area contributed by atoms with Crippen LogP contribution in [0.5, 0.6) is 0 Å². The van der Waals surface area contributed by atoms with E-state index in [1.165, 1.54) is 0 Å². The minimum atomic E-state index is -0.0905. The van der Waals surface area contributed by atoms with Gasteiger partial charge in [-0.2, -0.15) is 5.10 Å². The topological polar surface area (TPSA) is 67.2 Å². The van der Waals surface area contributed by atoms with Gasteiger partial charge >= 0.3 is 0 Å². The van der Waals surface area contributed by atoms with Crippen LogP contribution in [0.4, 0.5) is 0 Å². The van der Waals surface area contributed by atoms with E-state index in [9.17, 15) is 9.59 Å². The van der Waals surface area contributed by atoms with Crippen LogP contribution >= 0.6 is 0 Å². The lowest BCUT2D eigenvalue weighted by atomic mass is 10.1. The Morgan fingerprint density at radius 2 is 2.18 bits per heavy atom. The Morgan fingerprint density at radius 1 is 1.45 bits per heavy atom. The lowest BCUT2D eigenvalue weighted by Crippen LogP contribution is -2.35. The molecule has 6 heteroatoms. The van der Waals surface area contributed by atoms with Crippen molar-refractivity contribution in [3.8, 4) is 0 Å². The molecule has 1 atom stereocenters. The molecule has 0 aromatic carbocycles. The molecule has 1 fully saturated rings. The second-order valence-electron chi connectivity index (χ2n) is 6.37. The zero-order valence-electron chi connectivity index (χ0n) is 13.9. The molecule has 2 heterocycles. The van der Waals surface area contributed by atoms with Crippen LogP contribution in [0.15, 0.2) is 6.07 Å². The molecule has 1 saturated heterocycles. The van der Waals surface area contributed by atoms with E-state index < -0.39 is 0 Å². The van der Waals surface area contributed by atoms with Crippen molar-refractivity contribution < 1.29 is 9.59 Å². The van der Waals surface area contributed by atoms with Gasteiger partial charge in [0.2, 0.25) is 5.91 Å². The molecule has 0 aliphatic carbocycles. The van der Waals surface area contributed by atoms with Crippen molar-refractivity contribution in [2.75, 3.05) is 19.6 Å². The Labute approximate surface area is 131 Å². The fourth-order valence-corrected chi connectivity index (χ4v) is 2.88. The van der Waals surface area contributed by atoms with Crippen LogP contribution in [0.25, 0.3) is 0 Å². The van der Waals surface area contributed by atoms with Crippen molar-refractivity contribution in [1.82, 2.24) is 20.0 Å². The van der Waals surface area contributed by atoms with Gasteiger partial charge in [-0.05, 0) is 31.7 Å². The summed E-state index contributed by atoms with van der Waals surface area (Å²) in [5.74, 6) is 0.430. The van der Waals surface area contributed by atoms with Crippen molar-refractivity contribution in [2.45, 2.75) is 33.6 Å². The minimum Gasteiger partial charge on any atom is -0.356 e. The fraction of sp³-hybridized carbons (Fsp3) is 0.688. The lowest BCUT2D eigenvalue weighted by Gasteiger charge is -2.16. The third-order valence-corrected chi connectivity index (χ3v) is 3.96. The highest BCUT2D eigenvalue weighted by molar-refractivity contribution is 5.93. The number of carbonyl (C=O) groups is 2. The summed E-state index contributed by atoms with van der Waals surface area (Å²) in [6.45, 7) is 7.92. The standard InChI is InChI=1S/C16H26N4O2/c1-5-17-15(21)12-6-7-20(10-12)16(22)14-9-13(8-11(2)3)18-19(14)4/h9,11-12H,5-8,10H2,1-4H3,(H,17,21)/t12-/m0/s1.